The van der Waals surface area contributed by atoms with Crippen molar-refractivity contribution in [2.24, 2.45) is 5.92 Å². The standard InChI is InChI=1S/C12H20N2O3S2/c1-10(12-4-6-18-9-12)13-19(16,17)14-5-2-3-11(7-14)8-15/h4,6,9-11,13,15H,2-3,5,7-8H2,1H3. The van der Waals surface area contributed by atoms with Crippen molar-refractivity contribution in [1.82, 2.24) is 9.03 Å². The van der Waals surface area contributed by atoms with Crippen LogP contribution in [0.2, 0.25) is 0 Å². The van der Waals surface area contributed by atoms with Crippen molar-refractivity contribution in [2.75, 3.05) is 19.7 Å². The molecule has 0 spiro atoms. The molecular formula is C12H20N2O3S2. The van der Waals surface area contributed by atoms with E-state index in [1.807, 2.05) is 23.8 Å². The predicted molar refractivity (Wildman–Crippen MR) is 76.2 cm³/mol. The second-order valence-corrected chi connectivity index (χ2v) is 7.43. The van der Waals surface area contributed by atoms with Crippen LogP contribution in [0.25, 0.3) is 0 Å². The van der Waals surface area contributed by atoms with Crippen LogP contribution < -0.4 is 4.72 Å². The SMILES string of the molecule is CC(NS(=O)(=O)N1CCCC(CO)C1)c1ccsc1. The highest BCUT2D eigenvalue weighted by Crippen LogP contribution is 2.21. The largest absolute Gasteiger partial charge is 0.396 e. The van der Waals surface area contributed by atoms with Crippen molar-refractivity contribution in [1.29, 1.82) is 0 Å². The Balaban J connectivity index is 2.01. The van der Waals surface area contributed by atoms with Crippen LogP contribution in [0.3, 0.4) is 0 Å². The van der Waals surface area contributed by atoms with Gasteiger partial charge in [0.05, 0.1) is 0 Å². The third kappa shape index (κ3) is 3.76. The zero-order valence-corrected chi connectivity index (χ0v) is 12.6. The summed E-state index contributed by atoms with van der Waals surface area (Å²) in [5.41, 5.74) is 0.976. The summed E-state index contributed by atoms with van der Waals surface area (Å²) < 4.78 is 28.7. The van der Waals surface area contributed by atoms with Crippen molar-refractivity contribution < 1.29 is 13.5 Å². The van der Waals surface area contributed by atoms with Crippen molar-refractivity contribution in [2.45, 2.75) is 25.8 Å². The average molecular weight is 304 g/mol. The molecule has 1 fully saturated rings. The fourth-order valence-electron chi connectivity index (χ4n) is 2.28. The quantitative estimate of drug-likeness (QED) is 0.862. The van der Waals surface area contributed by atoms with Gasteiger partial charge in [-0.05, 0) is 48.1 Å². The summed E-state index contributed by atoms with van der Waals surface area (Å²) in [6, 6.07) is 1.69. The molecule has 1 aliphatic rings. The van der Waals surface area contributed by atoms with Gasteiger partial charge in [-0.15, -0.1) is 0 Å². The highest BCUT2D eigenvalue weighted by Gasteiger charge is 2.29. The van der Waals surface area contributed by atoms with Gasteiger partial charge in [0.1, 0.15) is 0 Å². The molecule has 2 unspecified atom stereocenters. The van der Waals surface area contributed by atoms with Crippen LogP contribution in [0.4, 0.5) is 0 Å². The van der Waals surface area contributed by atoms with Crippen LogP contribution in [0.1, 0.15) is 31.4 Å². The van der Waals surface area contributed by atoms with Gasteiger partial charge < -0.3 is 5.11 Å². The molecule has 1 saturated heterocycles. The number of nitrogens with zero attached hydrogens (tertiary/aromatic N) is 1. The minimum Gasteiger partial charge on any atom is -0.396 e. The third-order valence-corrected chi connectivity index (χ3v) is 5.81. The molecule has 0 radical (unpaired) electrons. The third-order valence-electron chi connectivity index (χ3n) is 3.45. The van der Waals surface area contributed by atoms with E-state index in [0.717, 1.165) is 18.4 Å². The summed E-state index contributed by atoms with van der Waals surface area (Å²) in [7, 11) is -3.47. The molecule has 2 N–H and O–H groups in total. The normalized spacial score (nSPS) is 23.4. The highest BCUT2D eigenvalue weighted by atomic mass is 32.2. The second kappa shape index (κ2) is 6.32. The molecular weight excluding hydrogens is 284 g/mol. The monoisotopic (exact) mass is 304 g/mol. The summed E-state index contributed by atoms with van der Waals surface area (Å²) in [4.78, 5) is 0. The van der Waals surface area contributed by atoms with E-state index < -0.39 is 10.2 Å². The van der Waals surface area contributed by atoms with Crippen molar-refractivity contribution in [3.63, 3.8) is 0 Å². The van der Waals surface area contributed by atoms with E-state index in [-0.39, 0.29) is 18.6 Å². The maximum absolute atomic E-state index is 12.3. The molecule has 0 aliphatic carbocycles. The number of aliphatic hydroxyl groups excluding tert-OH is 1. The number of piperidine rings is 1. The van der Waals surface area contributed by atoms with Gasteiger partial charge >= 0.3 is 0 Å². The van der Waals surface area contributed by atoms with Crippen LogP contribution in [0.5, 0.6) is 0 Å². The summed E-state index contributed by atoms with van der Waals surface area (Å²) in [5.74, 6) is 0.0572. The molecule has 0 saturated carbocycles. The Hall–Kier alpha value is -0.470. The molecule has 2 heterocycles. The van der Waals surface area contributed by atoms with E-state index >= 15 is 0 Å². The van der Waals surface area contributed by atoms with E-state index in [1.54, 1.807) is 11.3 Å². The molecule has 108 valence electrons. The Morgan fingerprint density at radius 3 is 3.05 bits per heavy atom. The number of hydrogen-bond acceptors (Lipinski definition) is 4. The number of aliphatic hydroxyl groups is 1. The molecule has 0 bridgehead atoms. The van der Waals surface area contributed by atoms with Gasteiger partial charge in [0.2, 0.25) is 0 Å². The molecule has 2 rings (SSSR count). The average Bonchev–Trinajstić information content (AvgIpc) is 2.92. The fourth-order valence-corrected chi connectivity index (χ4v) is 4.54. The van der Waals surface area contributed by atoms with Crippen LogP contribution >= 0.6 is 11.3 Å². The van der Waals surface area contributed by atoms with Gasteiger partial charge in [-0.3, -0.25) is 0 Å². The zero-order valence-electron chi connectivity index (χ0n) is 10.9. The number of nitrogens with one attached hydrogen (secondary N) is 1. The van der Waals surface area contributed by atoms with Gasteiger partial charge in [-0.2, -0.15) is 28.8 Å². The van der Waals surface area contributed by atoms with E-state index in [1.165, 1.54) is 4.31 Å². The van der Waals surface area contributed by atoms with Gasteiger partial charge in [0.15, 0.2) is 0 Å². The Kier molecular flexibility index (Phi) is 4.97. The molecule has 1 aromatic heterocycles. The summed E-state index contributed by atoms with van der Waals surface area (Å²) in [6.45, 7) is 2.82. The summed E-state index contributed by atoms with van der Waals surface area (Å²) >= 11 is 1.55. The molecule has 0 aromatic carbocycles. The lowest BCUT2D eigenvalue weighted by molar-refractivity contribution is 0.164. The molecule has 1 aromatic rings. The van der Waals surface area contributed by atoms with Crippen LogP contribution in [-0.2, 0) is 10.2 Å². The number of thiophene rings is 1. The van der Waals surface area contributed by atoms with Crippen molar-refractivity contribution in [3.8, 4) is 0 Å². The minimum atomic E-state index is -3.47. The lowest BCUT2D eigenvalue weighted by Crippen LogP contribution is -2.47. The van der Waals surface area contributed by atoms with Crippen LogP contribution in [-0.4, -0.2) is 37.5 Å². The number of rotatable bonds is 5. The van der Waals surface area contributed by atoms with Gasteiger partial charge in [-0.25, -0.2) is 0 Å². The topological polar surface area (TPSA) is 69.6 Å². The zero-order chi connectivity index (χ0) is 13.9. The lowest BCUT2D eigenvalue weighted by Gasteiger charge is -2.31. The predicted octanol–water partition coefficient (Wildman–Crippen LogP) is 1.35. The van der Waals surface area contributed by atoms with E-state index in [9.17, 15) is 8.42 Å². The maximum Gasteiger partial charge on any atom is 0.280 e. The smallest absolute Gasteiger partial charge is 0.280 e. The molecule has 2 atom stereocenters. The maximum atomic E-state index is 12.3. The van der Waals surface area contributed by atoms with Gasteiger partial charge in [-0.1, -0.05) is 0 Å². The first-order valence-electron chi connectivity index (χ1n) is 6.43. The molecule has 0 amide bonds. The Labute approximate surface area is 118 Å². The van der Waals surface area contributed by atoms with Crippen LogP contribution in [0.15, 0.2) is 16.8 Å². The fraction of sp³-hybridized carbons (Fsp3) is 0.667. The molecule has 5 nitrogen and oxygen atoms in total. The number of hydrogen-bond donors (Lipinski definition) is 2. The van der Waals surface area contributed by atoms with Gasteiger partial charge in [0.25, 0.3) is 10.2 Å². The highest BCUT2D eigenvalue weighted by molar-refractivity contribution is 7.87. The van der Waals surface area contributed by atoms with Crippen LogP contribution in [0, 0.1) is 5.92 Å². The van der Waals surface area contributed by atoms with E-state index in [2.05, 4.69) is 4.72 Å². The van der Waals surface area contributed by atoms with Crippen molar-refractivity contribution in [3.05, 3.63) is 22.4 Å². The summed E-state index contributed by atoms with van der Waals surface area (Å²) in [6.07, 6.45) is 1.70. The Morgan fingerprint density at radius 2 is 2.42 bits per heavy atom. The Morgan fingerprint density at radius 1 is 1.63 bits per heavy atom. The first-order chi connectivity index (χ1) is 9.03. The first-order valence-corrected chi connectivity index (χ1v) is 8.81. The molecule has 1 aliphatic heterocycles. The second-order valence-electron chi connectivity index (χ2n) is 4.95. The first kappa shape index (κ1) is 14.9. The van der Waals surface area contributed by atoms with Crippen molar-refractivity contribution >= 4 is 21.5 Å². The van der Waals surface area contributed by atoms with E-state index in [4.69, 9.17) is 5.11 Å². The van der Waals surface area contributed by atoms with Gasteiger partial charge in [0, 0.05) is 25.7 Å². The summed E-state index contributed by atoms with van der Waals surface area (Å²) in [5, 5.41) is 13.0. The minimum absolute atomic E-state index is 0.0477. The van der Waals surface area contributed by atoms with E-state index in [0.29, 0.717) is 13.1 Å². The molecule has 7 heteroatoms. The lowest BCUT2D eigenvalue weighted by atomic mass is 10.0. The Bertz CT molecular complexity index is 487. The molecule has 19 heavy (non-hydrogen) atoms.